The quantitative estimate of drug-likeness (QED) is 0.0240. The van der Waals surface area contributed by atoms with Gasteiger partial charge in [-0.3, -0.25) is 43.3 Å². The predicted octanol–water partition coefficient (Wildman–Crippen LogP) is 5.76. The van der Waals surface area contributed by atoms with Gasteiger partial charge >= 0.3 is 6.03 Å². The third-order valence-corrected chi connectivity index (χ3v) is 17.6. The van der Waals surface area contributed by atoms with Crippen LogP contribution in [0.1, 0.15) is 147 Å². The summed E-state index contributed by atoms with van der Waals surface area (Å²) in [4.78, 5) is 123. The lowest BCUT2D eigenvalue weighted by molar-refractivity contribution is -0.141. The number of carbonyl (C=O) groups is 9. The topological polar surface area (TPSA) is 314 Å². The van der Waals surface area contributed by atoms with Crippen molar-refractivity contribution < 1.29 is 56.3 Å². The number of rotatable bonds is 33. The third kappa shape index (κ3) is 20.6. The molecule has 10 amide bonds. The number of imide groups is 1. The van der Waals surface area contributed by atoms with E-state index in [0.29, 0.717) is 12.8 Å². The molecule has 7 unspecified atom stereocenters. The molecule has 2 aromatic carbocycles. The molecule has 9 N–H and O–H groups in total. The van der Waals surface area contributed by atoms with E-state index in [4.69, 9.17) is 10.5 Å². The molecule has 0 saturated heterocycles. The molecule has 22 nitrogen and oxygen atoms in total. The number of nitrogens with one attached hydrogen (secondary N) is 7. The fraction of sp³-hybridized carbons (Fsp3) is 0.603. The molecule has 1 aliphatic rings. The first-order chi connectivity index (χ1) is 39.9. The Morgan fingerprint density at radius 3 is 1.88 bits per heavy atom. The van der Waals surface area contributed by atoms with Crippen molar-refractivity contribution >= 4 is 69.0 Å². The summed E-state index contributed by atoms with van der Waals surface area (Å²) in [5.41, 5.74) is 3.99. The number of aryl methyl sites for hydroxylation is 1. The van der Waals surface area contributed by atoms with E-state index in [1.54, 1.807) is 34.9 Å². The summed E-state index contributed by atoms with van der Waals surface area (Å²) in [6.45, 7) is 28.0. The SMILES string of the molecule is CCc1cc(NC(=O)C(CCCNC(N)=O)NC(=O)C(NC(=O)CC(C)(CC)COCC(C)(CC)CN2C(=O)C=CC2=O)C(C)C)ccc1S(=O)(=O)NC(=O)C(C)=CC(C(C)C)N(C)C(=O)C(NC(=O)C(NC)C(C)(C)c1ccccc1)C(C)(C)C. The van der Waals surface area contributed by atoms with Crippen LogP contribution < -0.4 is 42.4 Å². The fourth-order valence-corrected chi connectivity index (χ4v) is 11.4. The molecule has 3 rings (SSSR count). The zero-order valence-corrected chi connectivity index (χ0v) is 54.6. The Kier molecular flexibility index (Phi) is 26.9. The molecule has 23 heteroatoms. The molecular formula is C63H98N10O12S. The summed E-state index contributed by atoms with van der Waals surface area (Å²) >= 11 is 0. The zero-order chi connectivity index (χ0) is 65.3. The average Bonchev–Trinajstić information content (AvgIpc) is 3.05. The minimum absolute atomic E-state index is 0.00627. The minimum atomic E-state index is -4.54. The van der Waals surface area contributed by atoms with Gasteiger partial charge in [0.15, 0.2) is 0 Å². The largest absolute Gasteiger partial charge is 0.380 e. The Bertz CT molecular complexity index is 2900. The van der Waals surface area contributed by atoms with Gasteiger partial charge in [0.2, 0.25) is 29.5 Å². The van der Waals surface area contributed by atoms with Crippen molar-refractivity contribution in [2.75, 3.05) is 45.7 Å². The number of primary amides is 1. The second-order valence-electron chi connectivity index (χ2n) is 25.6. The maximum absolute atomic E-state index is 14.5. The van der Waals surface area contributed by atoms with Gasteiger partial charge in [0, 0.05) is 60.8 Å². The summed E-state index contributed by atoms with van der Waals surface area (Å²) in [6.07, 6.45) is 5.49. The van der Waals surface area contributed by atoms with Crippen LogP contribution in [0.5, 0.6) is 0 Å². The average molecular weight is 1220 g/mol. The standard InChI is InChI=1S/C63H98N10O12S/c1-18-42-34-44(28-29-47(42)86(83,84)71-54(77)41(8)33-46(39(4)5)72(17)58(81)53(60(9,10)11)70-57(80)52(65-16)61(12,13)43-25-22-21-23-26-43)67-55(78)45(27-24-32-66-59(64)82)68-56(79)51(40(6)7)69-48(74)35-62(14,19-2)37-85-38-63(15,20-3)36-73-49(75)30-31-50(73)76/h21-23,25-26,28-31,33-34,39-40,45-46,51-53,65H,18-20,24,27,32,35-38H2,1-17H3,(H,67,78)(H,68,79)(H,69,74)(H,70,80)(H,71,77)(H3,64,66,82). The van der Waals surface area contributed by atoms with Crippen molar-refractivity contribution in [3.05, 3.63) is 83.5 Å². The summed E-state index contributed by atoms with van der Waals surface area (Å²) in [7, 11) is -1.27. The molecule has 0 bridgehead atoms. The molecule has 1 aliphatic heterocycles. The van der Waals surface area contributed by atoms with Crippen LogP contribution >= 0.6 is 0 Å². The van der Waals surface area contributed by atoms with Crippen LogP contribution in [0, 0.1) is 28.1 Å². The molecule has 0 aliphatic carbocycles. The van der Waals surface area contributed by atoms with Crippen molar-refractivity contribution in [1.82, 2.24) is 41.1 Å². The van der Waals surface area contributed by atoms with E-state index in [2.05, 4.69) is 36.6 Å². The normalized spacial score (nSPS) is 16.3. The lowest BCUT2D eigenvalue weighted by atomic mass is 9.76. The highest BCUT2D eigenvalue weighted by Gasteiger charge is 2.42. The number of anilines is 1. The smallest absolute Gasteiger partial charge is 0.312 e. The number of benzene rings is 2. The molecule has 0 saturated carbocycles. The first-order valence-corrected chi connectivity index (χ1v) is 31.1. The molecule has 0 radical (unpaired) electrons. The Labute approximate surface area is 510 Å². The van der Waals surface area contributed by atoms with Gasteiger partial charge in [-0.05, 0) is 98.1 Å². The van der Waals surface area contributed by atoms with E-state index in [0.717, 1.165) is 5.56 Å². The van der Waals surface area contributed by atoms with E-state index in [9.17, 15) is 51.6 Å². The van der Waals surface area contributed by atoms with Crippen molar-refractivity contribution in [2.45, 2.75) is 183 Å². The van der Waals surface area contributed by atoms with Crippen LogP contribution in [0.25, 0.3) is 0 Å². The molecule has 7 atom stereocenters. The fourth-order valence-electron chi connectivity index (χ4n) is 10.1. The van der Waals surface area contributed by atoms with Gasteiger partial charge < -0.3 is 47.3 Å². The van der Waals surface area contributed by atoms with E-state index in [1.165, 1.54) is 53.2 Å². The van der Waals surface area contributed by atoms with Gasteiger partial charge in [0.1, 0.15) is 18.1 Å². The van der Waals surface area contributed by atoms with Gasteiger partial charge in [-0.2, -0.15) is 0 Å². The molecule has 1 heterocycles. The number of amides is 10. The van der Waals surface area contributed by atoms with Crippen LogP contribution in [0.3, 0.4) is 0 Å². The maximum Gasteiger partial charge on any atom is 0.312 e. The maximum atomic E-state index is 14.5. The van der Waals surface area contributed by atoms with Gasteiger partial charge in [-0.1, -0.05) is 133 Å². The van der Waals surface area contributed by atoms with Crippen LogP contribution in [-0.4, -0.2) is 142 Å². The van der Waals surface area contributed by atoms with Crippen molar-refractivity contribution in [3.63, 3.8) is 0 Å². The minimum Gasteiger partial charge on any atom is -0.380 e. The summed E-state index contributed by atoms with van der Waals surface area (Å²) in [5.74, 6) is -4.97. The second kappa shape index (κ2) is 31.6. The Hall–Kier alpha value is -6.98. The van der Waals surface area contributed by atoms with E-state index >= 15 is 0 Å². The van der Waals surface area contributed by atoms with Gasteiger partial charge in [-0.25, -0.2) is 17.9 Å². The predicted molar refractivity (Wildman–Crippen MR) is 332 cm³/mol. The first-order valence-electron chi connectivity index (χ1n) is 29.6. The van der Waals surface area contributed by atoms with Crippen LogP contribution in [-0.2, 0) is 65.0 Å². The van der Waals surface area contributed by atoms with Crippen molar-refractivity contribution in [2.24, 2.45) is 33.8 Å². The number of likely N-dealkylation sites (N-methyl/N-ethyl adjacent to an activating group) is 2. The highest BCUT2D eigenvalue weighted by molar-refractivity contribution is 7.90. The Morgan fingerprint density at radius 1 is 0.767 bits per heavy atom. The molecule has 0 aromatic heterocycles. The lowest BCUT2D eigenvalue weighted by Crippen LogP contribution is -2.61. The lowest BCUT2D eigenvalue weighted by Gasteiger charge is -2.40. The number of nitrogens with zero attached hydrogens (tertiary/aromatic N) is 2. The molecule has 86 heavy (non-hydrogen) atoms. The Balaban J connectivity index is 1.80. The number of nitrogens with two attached hydrogens (primary N) is 1. The first kappa shape index (κ1) is 73.3. The molecule has 2 aromatic rings. The Morgan fingerprint density at radius 2 is 1.36 bits per heavy atom. The monoisotopic (exact) mass is 1220 g/mol. The van der Waals surface area contributed by atoms with Gasteiger partial charge in [0.25, 0.3) is 27.7 Å². The molecule has 478 valence electrons. The highest BCUT2D eigenvalue weighted by Crippen LogP contribution is 2.32. The number of hydrogen-bond acceptors (Lipinski definition) is 13. The van der Waals surface area contributed by atoms with Crippen LogP contribution in [0.2, 0.25) is 0 Å². The highest BCUT2D eigenvalue weighted by atomic mass is 32.2. The van der Waals surface area contributed by atoms with E-state index in [1.807, 2.05) is 106 Å². The second-order valence-corrected chi connectivity index (χ2v) is 27.3. The number of urea groups is 1. The molecular weight excluding hydrogens is 1120 g/mol. The van der Waals surface area contributed by atoms with E-state index < -0.39 is 103 Å². The van der Waals surface area contributed by atoms with Crippen LogP contribution in [0.15, 0.2) is 77.2 Å². The number of carbonyl (C=O) groups excluding carboxylic acids is 9. The summed E-state index contributed by atoms with van der Waals surface area (Å²) in [5, 5.41) is 17.0. The molecule has 0 spiro atoms. The summed E-state index contributed by atoms with van der Waals surface area (Å²) < 4.78 is 36.4. The number of hydrogen-bond donors (Lipinski definition) is 8. The third-order valence-electron chi connectivity index (χ3n) is 16.2. The number of ether oxygens (including phenoxy) is 1. The van der Waals surface area contributed by atoms with Gasteiger partial charge in [0.05, 0.1) is 30.2 Å². The van der Waals surface area contributed by atoms with Crippen molar-refractivity contribution in [3.8, 4) is 0 Å². The number of sulfonamides is 1. The van der Waals surface area contributed by atoms with Crippen LogP contribution in [0.4, 0.5) is 10.5 Å². The van der Waals surface area contributed by atoms with E-state index in [-0.39, 0.29) is 97.3 Å². The van der Waals surface area contributed by atoms with Crippen molar-refractivity contribution in [1.29, 1.82) is 0 Å². The zero-order valence-electron chi connectivity index (χ0n) is 53.7. The summed E-state index contributed by atoms with van der Waals surface area (Å²) in [6, 6.07) is 8.10. The molecule has 0 fully saturated rings. The van der Waals surface area contributed by atoms with Gasteiger partial charge in [-0.15, -0.1) is 0 Å².